The summed E-state index contributed by atoms with van der Waals surface area (Å²) in [5.41, 5.74) is -0.00496. The molecule has 0 aliphatic heterocycles. The molecule has 1 heterocycles. The molecule has 0 aromatic carbocycles. The fourth-order valence-electron chi connectivity index (χ4n) is 0.998. The van der Waals surface area contributed by atoms with Crippen LogP contribution in [-0.4, -0.2) is 47.0 Å². The highest BCUT2D eigenvalue weighted by Gasteiger charge is 2.17. The molecule has 0 spiro atoms. The summed E-state index contributed by atoms with van der Waals surface area (Å²) in [7, 11) is 1.46. The third-order valence-corrected chi connectivity index (χ3v) is 1.82. The fraction of sp³-hybridized carbons (Fsp3) is 0.444. The Hall–Kier alpha value is -1.93. The zero-order chi connectivity index (χ0) is 12.8. The summed E-state index contributed by atoms with van der Waals surface area (Å²) in [4.78, 5) is 21.7. The van der Waals surface area contributed by atoms with E-state index < -0.39 is 24.5 Å². The Bertz CT molecular complexity index is 402. The third kappa shape index (κ3) is 3.85. The van der Waals surface area contributed by atoms with Crippen molar-refractivity contribution in [2.45, 2.75) is 12.7 Å². The second-order valence-electron chi connectivity index (χ2n) is 3.18. The van der Waals surface area contributed by atoms with E-state index in [0.29, 0.717) is 5.76 Å². The van der Waals surface area contributed by atoms with Crippen LogP contribution in [0.15, 0.2) is 10.6 Å². The number of carbonyl (C=O) groups excluding carboxylic acids is 1. The number of amides is 1. The Morgan fingerprint density at radius 1 is 1.65 bits per heavy atom. The molecule has 0 fully saturated rings. The molecule has 0 saturated heterocycles. The van der Waals surface area contributed by atoms with Gasteiger partial charge < -0.3 is 24.8 Å². The van der Waals surface area contributed by atoms with Crippen LogP contribution in [0.1, 0.15) is 16.2 Å². The molecular weight excluding hydrogens is 232 g/mol. The van der Waals surface area contributed by atoms with Crippen LogP contribution in [0.3, 0.4) is 0 Å². The van der Waals surface area contributed by atoms with E-state index in [1.54, 1.807) is 0 Å². The van der Waals surface area contributed by atoms with Crippen molar-refractivity contribution >= 4 is 11.9 Å². The maximum atomic E-state index is 11.4. The third-order valence-electron chi connectivity index (χ3n) is 1.82. The number of carboxylic acids is 1. The van der Waals surface area contributed by atoms with Crippen molar-refractivity contribution in [1.82, 2.24) is 10.5 Å². The molecule has 1 amide bonds. The Morgan fingerprint density at radius 3 is 2.94 bits per heavy atom. The Labute approximate surface area is 96.2 Å². The number of methoxy groups -OCH3 is 1. The lowest BCUT2D eigenvalue weighted by Crippen LogP contribution is -2.36. The average molecular weight is 244 g/mol. The number of aliphatic hydroxyl groups is 1. The van der Waals surface area contributed by atoms with Crippen LogP contribution in [0.25, 0.3) is 0 Å². The molecule has 8 heteroatoms. The van der Waals surface area contributed by atoms with Crippen LogP contribution in [0.2, 0.25) is 0 Å². The van der Waals surface area contributed by atoms with Gasteiger partial charge in [0.15, 0.2) is 17.6 Å². The average Bonchev–Trinajstić information content (AvgIpc) is 2.74. The van der Waals surface area contributed by atoms with Crippen LogP contribution in [0.4, 0.5) is 0 Å². The highest BCUT2D eigenvalue weighted by atomic mass is 16.5. The largest absolute Gasteiger partial charge is 0.479 e. The fourth-order valence-corrected chi connectivity index (χ4v) is 0.998. The molecule has 1 aromatic rings. The van der Waals surface area contributed by atoms with Crippen molar-refractivity contribution in [2.24, 2.45) is 0 Å². The summed E-state index contributed by atoms with van der Waals surface area (Å²) < 4.78 is 9.53. The van der Waals surface area contributed by atoms with E-state index in [4.69, 9.17) is 19.5 Å². The highest BCUT2D eigenvalue weighted by molar-refractivity contribution is 5.92. The molecule has 1 unspecified atom stereocenters. The van der Waals surface area contributed by atoms with Crippen molar-refractivity contribution in [3.05, 3.63) is 17.5 Å². The lowest BCUT2D eigenvalue weighted by Gasteiger charge is -2.05. The summed E-state index contributed by atoms with van der Waals surface area (Å²) in [5, 5.41) is 23.0. The summed E-state index contributed by atoms with van der Waals surface area (Å²) in [6, 6.07) is 1.37. The molecule has 0 saturated carbocycles. The first kappa shape index (κ1) is 13.1. The minimum Gasteiger partial charge on any atom is -0.479 e. The maximum absolute atomic E-state index is 11.4. The molecule has 3 N–H and O–H groups in total. The lowest BCUT2D eigenvalue weighted by molar-refractivity contribution is -0.146. The first-order valence-corrected chi connectivity index (χ1v) is 4.68. The van der Waals surface area contributed by atoms with Crippen LogP contribution in [-0.2, 0) is 16.1 Å². The van der Waals surface area contributed by atoms with Crippen LogP contribution < -0.4 is 5.32 Å². The number of aliphatic carboxylic acids is 1. The number of aromatic nitrogens is 1. The van der Waals surface area contributed by atoms with Crippen molar-refractivity contribution in [3.63, 3.8) is 0 Å². The zero-order valence-electron chi connectivity index (χ0n) is 9.04. The molecule has 17 heavy (non-hydrogen) atoms. The Kier molecular flexibility index (Phi) is 4.61. The topological polar surface area (TPSA) is 122 Å². The molecule has 8 nitrogen and oxygen atoms in total. The van der Waals surface area contributed by atoms with Crippen molar-refractivity contribution < 1.29 is 29.1 Å². The van der Waals surface area contributed by atoms with Crippen molar-refractivity contribution in [2.75, 3.05) is 13.7 Å². The lowest BCUT2D eigenvalue weighted by atomic mass is 10.3. The van der Waals surface area contributed by atoms with Gasteiger partial charge in [-0.05, 0) is 0 Å². The van der Waals surface area contributed by atoms with Gasteiger partial charge in [-0.2, -0.15) is 0 Å². The maximum Gasteiger partial charge on any atom is 0.334 e. The first-order chi connectivity index (χ1) is 8.04. The smallest absolute Gasteiger partial charge is 0.334 e. The number of nitrogens with one attached hydrogen (secondary N) is 1. The molecule has 1 rings (SSSR count). The number of ether oxygens (including phenoxy) is 1. The van der Waals surface area contributed by atoms with Gasteiger partial charge in [0.1, 0.15) is 6.61 Å². The van der Waals surface area contributed by atoms with Gasteiger partial charge in [-0.1, -0.05) is 5.16 Å². The van der Waals surface area contributed by atoms with Gasteiger partial charge in [-0.25, -0.2) is 4.79 Å². The van der Waals surface area contributed by atoms with E-state index in [2.05, 4.69) is 10.5 Å². The van der Waals surface area contributed by atoms with E-state index in [-0.39, 0.29) is 12.3 Å². The van der Waals surface area contributed by atoms with Gasteiger partial charge in [0.05, 0.1) is 6.54 Å². The number of aliphatic hydroxyl groups excluding tert-OH is 1. The number of nitrogens with zero attached hydrogens (tertiary/aromatic N) is 1. The normalized spacial score (nSPS) is 12.1. The van der Waals surface area contributed by atoms with Crippen LogP contribution in [0.5, 0.6) is 0 Å². The summed E-state index contributed by atoms with van der Waals surface area (Å²) in [6.07, 6.45) is -1.65. The van der Waals surface area contributed by atoms with E-state index in [0.717, 1.165) is 0 Å². The Balaban J connectivity index is 2.49. The predicted molar refractivity (Wildman–Crippen MR) is 53.2 cm³/mol. The molecule has 0 radical (unpaired) electrons. The van der Waals surface area contributed by atoms with Gasteiger partial charge in [-0.3, -0.25) is 4.79 Å². The second-order valence-corrected chi connectivity index (χ2v) is 3.18. The van der Waals surface area contributed by atoms with E-state index >= 15 is 0 Å². The minimum atomic E-state index is -1.65. The van der Waals surface area contributed by atoms with E-state index in [9.17, 15) is 9.59 Å². The van der Waals surface area contributed by atoms with Gasteiger partial charge in [-0.15, -0.1) is 0 Å². The van der Waals surface area contributed by atoms with Crippen molar-refractivity contribution in [3.8, 4) is 0 Å². The quantitative estimate of drug-likeness (QED) is 0.586. The SMILES string of the molecule is COCc1cc(C(=O)NCC(O)C(=O)O)no1. The van der Waals surface area contributed by atoms with E-state index in [1.165, 1.54) is 13.2 Å². The molecule has 1 atom stereocenters. The monoisotopic (exact) mass is 244 g/mol. The molecule has 0 aliphatic rings. The zero-order valence-corrected chi connectivity index (χ0v) is 9.04. The molecular formula is C9H12N2O6. The number of hydrogen-bond acceptors (Lipinski definition) is 6. The predicted octanol–water partition coefficient (Wildman–Crippen LogP) is -1.00. The molecule has 1 aromatic heterocycles. The van der Waals surface area contributed by atoms with Crippen LogP contribution >= 0.6 is 0 Å². The minimum absolute atomic E-state index is 0.00496. The van der Waals surface area contributed by atoms with Crippen LogP contribution in [0, 0.1) is 0 Å². The number of carbonyl (C=O) groups is 2. The molecule has 94 valence electrons. The summed E-state index contributed by atoms with van der Waals surface area (Å²) >= 11 is 0. The molecule has 0 bridgehead atoms. The van der Waals surface area contributed by atoms with Gasteiger partial charge in [0.25, 0.3) is 5.91 Å². The standard InChI is InChI=1S/C9H12N2O6/c1-16-4-5-2-6(11-17-5)8(13)10-3-7(12)9(14)15/h2,7,12H,3-4H2,1H3,(H,10,13)(H,14,15). The number of carboxylic acid groups (broad SMARTS) is 1. The van der Waals surface area contributed by atoms with Gasteiger partial charge in [0.2, 0.25) is 0 Å². The van der Waals surface area contributed by atoms with Gasteiger partial charge in [0, 0.05) is 13.2 Å². The van der Waals surface area contributed by atoms with E-state index in [1.807, 2.05) is 0 Å². The second kappa shape index (κ2) is 5.97. The van der Waals surface area contributed by atoms with Gasteiger partial charge >= 0.3 is 5.97 Å². The summed E-state index contributed by atoms with van der Waals surface area (Å²) in [6.45, 7) is -0.224. The molecule has 0 aliphatic carbocycles. The Morgan fingerprint density at radius 2 is 2.35 bits per heavy atom. The summed E-state index contributed by atoms with van der Waals surface area (Å²) in [5.74, 6) is -1.67. The first-order valence-electron chi connectivity index (χ1n) is 4.68. The number of hydrogen-bond donors (Lipinski definition) is 3. The van der Waals surface area contributed by atoms with Crippen molar-refractivity contribution in [1.29, 1.82) is 0 Å². The highest BCUT2D eigenvalue weighted by Crippen LogP contribution is 2.04. The number of rotatable bonds is 6.